The Kier molecular flexibility index (Phi) is 2.95. The van der Waals surface area contributed by atoms with E-state index >= 15 is 0 Å². The third-order valence-electron chi connectivity index (χ3n) is 3.05. The Morgan fingerprint density at radius 1 is 1.05 bits per heavy atom. The summed E-state index contributed by atoms with van der Waals surface area (Å²) in [5, 5.41) is 4.77. The number of hydrogen-bond acceptors (Lipinski definition) is 3. The largest absolute Gasteiger partial charge is 0.395 e. The smallest absolute Gasteiger partial charge is 0.151 e. The van der Waals surface area contributed by atoms with Gasteiger partial charge in [-0.05, 0) is 23.6 Å². The second kappa shape index (κ2) is 4.77. The van der Waals surface area contributed by atoms with Crippen molar-refractivity contribution in [3.63, 3.8) is 0 Å². The Balaban J connectivity index is 2.10. The van der Waals surface area contributed by atoms with Gasteiger partial charge in [0.15, 0.2) is 5.82 Å². The standard InChI is InChI=1S/C15H11F2N3/c16-10-6-12(17)15(18)14(7-10)20-13-3-1-2-9-4-5-19-8-11(9)13/h1-8,20H,18H2. The molecule has 3 aromatic rings. The molecule has 1 aromatic heterocycles. The Morgan fingerprint density at radius 2 is 1.90 bits per heavy atom. The fourth-order valence-electron chi connectivity index (χ4n) is 2.06. The fraction of sp³-hybridized carbons (Fsp3) is 0. The molecule has 1 heterocycles. The van der Waals surface area contributed by atoms with Crippen molar-refractivity contribution in [3.05, 3.63) is 60.4 Å². The van der Waals surface area contributed by atoms with E-state index in [2.05, 4.69) is 10.3 Å². The van der Waals surface area contributed by atoms with Crippen molar-refractivity contribution in [1.29, 1.82) is 0 Å². The third-order valence-corrected chi connectivity index (χ3v) is 3.05. The zero-order chi connectivity index (χ0) is 14.1. The van der Waals surface area contributed by atoms with E-state index in [1.54, 1.807) is 18.5 Å². The molecule has 100 valence electrons. The van der Waals surface area contributed by atoms with Gasteiger partial charge < -0.3 is 11.1 Å². The molecule has 0 atom stereocenters. The second-order valence-corrected chi connectivity index (χ2v) is 4.38. The van der Waals surface area contributed by atoms with Crippen molar-refractivity contribution < 1.29 is 8.78 Å². The van der Waals surface area contributed by atoms with Gasteiger partial charge >= 0.3 is 0 Å². The van der Waals surface area contributed by atoms with Gasteiger partial charge in [0.25, 0.3) is 0 Å². The van der Waals surface area contributed by atoms with Gasteiger partial charge in [-0.15, -0.1) is 0 Å². The van der Waals surface area contributed by atoms with E-state index in [0.717, 1.165) is 22.9 Å². The first-order valence-corrected chi connectivity index (χ1v) is 5.99. The molecule has 0 spiro atoms. The molecule has 0 aliphatic rings. The molecule has 2 aromatic carbocycles. The second-order valence-electron chi connectivity index (χ2n) is 4.38. The molecule has 0 saturated carbocycles. The van der Waals surface area contributed by atoms with E-state index in [4.69, 9.17) is 5.73 Å². The Hall–Kier alpha value is -2.69. The highest BCUT2D eigenvalue weighted by Gasteiger charge is 2.09. The molecule has 0 radical (unpaired) electrons. The number of anilines is 3. The van der Waals surface area contributed by atoms with Crippen molar-refractivity contribution in [2.75, 3.05) is 11.1 Å². The summed E-state index contributed by atoms with van der Waals surface area (Å²) >= 11 is 0. The van der Waals surface area contributed by atoms with Crippen molar-refractivity contribution in [2.45, 2.75) is 0 Å². The number of aromatic nitrogens is 1. The minimum atomic E-state index is -0.786. The zero-order valence-corrected chi connectivity index (χ0v) is 10.4. The Bertz CT molecular complexity index is 782. The minimum absolute atomic E-state index is 0.118. The molecule has 0 amide bonds. The average molecular weight is 271 g/mol. The summed E-state index contributed by atoms with van der Waals surface area (Å²) in [6.45, 7) is 0. The number of fused-ring (bicyclic) bond motifs is 1. The first kappa shape index (κ1) is 12.3. The lowest BCUT2D eigenvalue weighted by atomic mass is 10.1. The van der Waals surface area contributed by atoms with Crippen LogP contribution in [0.2, 0.25) is 0 Å². The van der Waals surface area contributed by atoms with Crippen LogP contribution in [0.25, 0.3) is 10.8 Å². The molecule has 0 bridgehead atoms. The molecule has 0 saturated heterocycles. The predicted octanol–water partition coefficient (Wildman–Crippen LogP) is 3.84. The van der Waals surface area contributed by atoms with Crippen molar-refractivity contribution in [2.24, 2.45) is 0 Å². The van der Waals surface area contributed by atoms with Crippen LogP contribution in [-0.4, -0.2) is 4.98 Å². The zero-order valence-electron chi connectivity index (χ0n) is 10.4. The summed E-state index contributed by atoms with van der Waals surface area (Å²) in [4.78, 5) is 4.05. The number of halogens is 2. The first-order valence-electron chi connectivity index (χ1n) is 5.99. The number of benzene rings is 2. The summed E-state index contributed by atoms with van der Waals surface area (Å²) in [5.74, 6) is -1.47. The van der Waals surface area contributed by atoms with E-state index in [0.29, 0.717) is 5.69 Å². The van der Waals surface area contributed by atoms with E-state index < -0.39 is 11.6 Å². The molecule has 3 nitrogen and oxygen atoms in total. The molecule has 0 aliphatic heterocycles. The highest BCUT2D eigenvalue weighted by Crippen LogP contribution is 2.30. The van der Waals surface area contributed by atoms with Crippen LogP contribution >= 0.6 is 0 Å². The summed E-state index contributed by atoms with van der Waals surface area (Å²) in [7, 11) is 0. The number of nitrogens with one attached hydrogen (secondary N) is 1. The van der Waals surface area contributed by atoms with Gasteiger partial charge in [0.1, 0.15) is 5.82 Å². The van der Waals surface area contributed by atoms with Gasteiger partial charge in [0.2, 0.25) is 0 Å². The number of hydrogen-bond donors (Lipinski definition) is 2. The monoisotopic (exact) mass is 271 g/mol. The van der Waals surface area contributed by atoms with Gasteiger partial charge in [-0.1, -0.05) is 12.1 Å². The quantitative estimate of drug-likeness (QED) is 0.696. The maximum atomic E-state index is 13.4. The molecule has 3 rings (SSSR count). The van der Waals surface area contributed by atoms with E-state index in [9.17, 15) is 8.78 Å². The molecule has 20 heavy (non-hydrogen) atoms. The van der Waals surface area contributed by atoms with E-state index in [1.165, 1.54) is 0 Å². The van der Waals surface area contributed by atoms with Crippen LogP contribution in [0.5, 0.6) is 0 Å². The van der Waals surface area contributed by atoms with Crippen LogP contribution in [0, 0.1) is 11.6 Å². The van der Waals surface area contributed by atoms with Gasteiger partial charge in [0, 0.05) is 29.5 Å². The summed E-state index contributed by atoms with van der Waals surface area (Å²) < 4.78 is 26.7. The topological polar surface area (TPSA) is 50.9 Å². The third kappa shape index (κ3) is 2.14. The lowest BCUT2D eigenvalue weighted by Crippen LogP contribution is -2.00. The van der Waals surface area contributed by atoms with Crippen LogP contribution in [0.3, 0.4) is 0 Å². The SMILES string of the molecule is Nc1c(F)cc(F)cc1Nc1cccc2ccncc12. The maximum Gasteiger partial charge on any atom is 0.151 e. The molecule has 5 heteroatoms. The average Bonchev–Trinajstić information content (AvgIpc) is 2.44. The summed E-state index contributed by atoms with van der Waals surface area (Å²) in [5.41, 5.74) is 6.39. The van der Waals surface area contributed by atoms with Crippen molar-refractivity contribution in [3.8, 4) is 0 Å². The number of nitrogen functional groups attached to an aromatic ring is 1. The molecular formula is C15H11F2N3. The normalized spacial score (nSPS) is 10.7. The highest BCUT2D eigenvalue weighted by atomic mass is 19.1. The van der Waals surface area contributed by atoms with Gasteiger partial charge in [-0.25, -0.2) is 8.78 Å². The van der Waals surface area contributed by atoms with Gasteiger partial charge in [-0.2, -0.15) is 0 Å². The lowest BCUT2D eigenvalue weighted by Gasteiger charge is -2.12. The highest BCUT2D eigenvalue weighted by molar-refractivity contribution is 5.95. The van der Waals surface area contributed by atoms with Crippen LogP contribution in [0.4, 0.5) is 25.8 Å². The number of nitrogens with two attached hydrogens (primary N) is 1. The summed E-state index contributed by atoms with van der Waals surface area (Å²) in [6.07, 6.45) is 3.37. The molecule has 0 unspecified atom stereocenters. The maximum absolute atomic E-state index is 13.4. The Morgan fingerprint density at radius 3 is 2.75 bits per heavy atom. The van der Waals surface area contributed by atoms with Crippen molar-refractivity contribution >= 4 is 27.8 Å². The van der Waals surface area contributed by atoms with Gasteiger partial charge in [0.05, 0.1) is 11.4 Å². The fourth-order valence-corrected chi connectivity index (χ4v) is 2.06. The van der Waals surface area contributed by atoms with Gasteiger partial charge in [-0.3, -0.25) is 4.98 Å². The predicted molar refractivity (Wildman–Crippen MR) is 75.8 cm³/mol. The molecule has 3 N–H and O–H groups in total. The number of rotatable bonds is 2. The number of pyridine rings is 1. The Labute approximate surface area is 114 Å². The number of nitrogens with zero attached hydrogens (tertiary/aromatic N) is 1. The van der Waals surface area contributed by atoms with Crippen molar-refractivity contribution in [1.82, 2.24) is 4.98 Å². The van der Waals surface area contributed by atoms with Crippen LogP contribution < -0.4 is 11.1 Å². The molecular weight excluding hydrogens is 260 g/mol. The lowest BCUT2D eigenvalue weighted by molar-refractivity contribution is 0.587. The van der Waals surface area contributed by atoms with E-state index in [1.807, 2.05) is 18.2 Å². The first-order chi connectivity index (χ1) is 9.65. The van der Waals surface area contributed by atoms with E-state index in [-0.39, 0.29) is 11.4 Å². The molecule has 0 fully saturated rings. The molecule has 0 aliphatic carbocycles. The van der Waals surface area contributed by atoms with Crippen LogP contribution in [0.15, 0.2) is 48.8 Å². The van der Waals surface area contributed by atoms with Crippen LogP contribution in [0.1, 0.15) is 0 Å². The summed E-state index contributed by atoms with van der Waals surface area (Å²) in [6, 6.07) is 9.34. The minimum Gasteiger partial charge on any atom is -0.395 e. The van der Waals surface area contributed by atoms with Crippen LogP contribution in [-0.2, 0) is 0 Å².